The van der Waals surface area contributed by atoms with Crippen molar-refractivity contribution in [1.82, 2.24) is 9.97 Å². The van der Waals surface area contributed by atoms with E-state index in [1.165, 1.54) is 37.7 Å². The first kappa shape index (κ1) is 17.9. The molecule has 25 heavy (non-hydrogen) atoms. The van der Waals surface area contributed by atoms with Crippen molar-refractivity contribution in [1.29, 1.82) is 0 Å². The summed E-state index contributed by atoms with van der Waals surface area (Å²) >= 11 is 0. The molecule has 0 atom stereocenters. The van der Waals surface area contributed by atoms with E-state index in [2.05, 4.69) is 23.8 Å². The number of aromatic nitrogens is 2. The van der Waals surface area contributed by atoms with Crippen molar-refractivity contribution >= 4 is 0 Å². The number of hydrogen-bond donors (Lipinski definition) is 0. The maximum Gasteiger partial charge on any atom is 0.159 e. The van der Waals surface area contributed by atoms with Gasteiger partial charge >= 0.3 is 0 Å². The summed E-state index contributed by atoms with van der Waals surface area (Å²) in [5.41, 5.74) is 2.35. The highest BCUT2D eigenvalue weighted by molar-refractivity contribution is 5.56. The quantitative estimate of drug-likeness (QED) is 0.580. The van der Waals surface area contributed by atoms with Crippen molar-refractivity contribution in [3.63, 3.8) is 0 Å². The first-order valence-electron chi connectivity index (χ1n) is 9.85. The number of nitrogens with zero attached hydrogens (tertiary/aromatic N) is 2. The number of benzene rings is 1. The molecule has 134 valence electrons. The molecule has 1 saturated carbocycles. The Kier molecular flexibility index (Phi) is 6.43. The molecule has 1 aliphatic carbocycles. The van der Waals surface area contributed by atoms with Crippen LogP contribution in [0.15, 0.2) is 36.7 Å². The first-order valence-corrected chi connectivity index (χ1v) is 9.85. The molecule has 0 saturated heterocycles. The molecule has 1 aromatic carbocycles. The average molecular weight is 338 g/mol. The highest BCUT2D eigenvalue weighted by atomic mass is 16.5. The average Bonchev–Trinajstić information content (AvgIpc) is 2.69. The van der Waals surface area contributed by atoms with E-state index in [0.717, 1.165) is 42.5 Å². The molecule has 1 heterocycles. The smallest absolute Gasteiger partial charge is 0.159 e. The van der Waals surface area contributed by atoms with Gasteiger partial charge in [-0.05, 0) is 73.8 Å². The SMILES string of the molecule is CCCCOc1ccc(-c2ncc([C@H]3CC[C@H](CC)CC3)cn2)cc1. The monoisotopic (exact) mass is 338 g/mol. The molecule has 0 bridgehead atoms. The molecule has 0 spiro atoms. The summed E-state index contributed by atoms with van der Waals surface area (Å²) < 4.78 is 5.71. The van der Waals surface area contributed by atoms with Crippen LogP contribution >= 0.6 is 0 Å². The van der Waals surface area contributed by atoms with Crippen LogP contribution in [0.3, 0.4) is 0 Å². The van der Waals surface area contributed by atoms with Crippen molar-refractivity contribution in [3.05, 3.63) is 42.2 Å². The summed E-state index contributed by atoms with van der Waals surface area (Å²) in [6.07, 6.45) is 12.9. The molecule has 0 amide bonds. The first-order chi connectivity index (χ1) is 12.3. The lowest BCUT2D eigenvalue weighted by molar-refractivity contribution is 0.309. The van der Waals surface area contributed by atoms with Gasteiger partial charge in [0.25, 0.3) is 0 Å². The van der Waals surface area contributed by atoms with Crippen LogP contribution in [-0.4, -0.2) is 16.6 Å². The van der Waals surface area contributed by atoms with E-state index in [1.807, 2.05) is 36.7 Å². The molecule has 1 fully saturated rings. The Morgan fingerprint density at radius 1 is 0.960 bits per heavy atom. The van der Waals surface area contributed by atoms with E-state index >= 15 is 0 Å². The fourth-order valence-corrected chi connectivity index (χ4v) is 3.64. The minimum absolute atomic E-state index is 0.645. The molecule has 0 radical (unpaired) electrons. The zero-order chi connectivity index (χ0) is 17.5. The Morgan fingerprint density at radius 3 is 2.24 bits per heavy atom. The van der Waals surface area contributed by atoms with Gasteiger partial charge in [0.1, 0.15) is 5.75 Å². The Hall–Kier alpha value is -1.90. The van der Waals surface area contributed by atoms with Crippen LogP contribution < -0.4 is 4.74 Å². The van der Waals surface area contributed by atoms with Gasteiger partial charge < -0.3 is 4.74 Å². The van der Waals surface area contributed by atoms with Gasteiger partial charge in [-0.25, -0.2) is 9.97 Å². The van der Waals surface area contributed by atoms with E-state index in [0.29, 0.717) is 5.92 Å². The molecule has 3 heteroatoms. The van der Waals surface area contributed by atoms with E-state index in [-0.39, 0.29) is 0 Å². The van der Waals surface area contributed by atoms with Crippen LogP contribution in [0.5, 0.6) is 5.75 Å². The topological polar surface area (TPSA) is 35.0 Å². The highest BCUT2D eigenvalue weighted by Gasteiger charge is 2.21. The lowest BCUT2D eigenvalue weighted by atomic mass is 9.78. The minimum Gasteiger partial charge on any atom is -0.494 e. The van der Waals surface area contributed by atoms with Gasteiger partial charge in [-0.15, -0.1) is 0 Å². The number of ether oxygens (including phenoxy) is 1. The molecule has 0 N–H and O–H groups in total. The van der Waals surface area contributed by atoms with Crippen LogP contribution in [0.25, 0.3) is 11.4 Å². The molecule has 3 nitrogen and oxygen atoms in total. The fraction of sp³-hybridized carbons (Fsp3) is 0.545. The molecular weight excluding hydrogens is 308 g/mol. The molecule has 0 unspecified atom stereocenters. The molecule has 1 aliphatic rings. The molecule has 2 aromatic rings. The van der Waals surface area contributed by atoms with Crippen molar-refractivity contribution in [2.24, 2.45) is 5.92 Å². The predicted molar refractivity (Wildman–Crippen MR) is 103 cm³/mol. The minimum atomic E-state index is 0.645. The third-order valence-corrected chi connectivity index (χ3v) is 5.45. The zero-order valence-corrected chi connectivity index (χ0v) is 15.6. The van der Waals surface area contributed by atoms with Crippen molar-refractivity contribution < 1.29 is 4.74 Å². The van der Waals surface area contributed by atoms with Gasteiger partial charge in [-0.3, -0.25) is 0 Å². The summed E-state index contributed by atoms with van der Waals surface area (Å²) in [4.78, 5) is 9.23. The summed E-state index contributed by atoms with van der Waals surface area (Å²) in [6.45, 7) is 5.26. The third-order valence-electron chi connectivity index (χ3n) is 5.45. The largest absolute Gasteiger partial charge is 0.494 e. The van der Waals surface area contributed by atoms with Gasteiger partial charge in [0.2, 0.25) is 0 Å². The second kappa shape index (κ2) is 8.98. The van der Waals surface area contributed by atoms with Gasteiger partial charge in [0.15, 0.2) is 5.82 Å². The standard InChI is InChI=1S/C22H30N2O/c1-3-5-14-25-21-12-10-19(11-13-21)22-23-15-20(16-24-22)18-8-6-17(4-2)7-9-18/h10-13,15-18H,3-9,14H2,1-2H3/t17-,18-. The normalized spacial score (nSPS) is 20.4. The number of rotatable bonds is 7. The summed E-state index contributed by atoms with van der Waals surface area (Å²) in [6, 6.07) is 8.11. The Bertz CT molecular complexity index is 628. The van der Waals surface area contributed by atoms with Crippen LogP contribution in [0.2, 0.25) is 0 Å². The maximum atomic E-state index is 5.71. The van der Waals surface area contributed by atoms with Crippen LogP contribution in [0, 0.1) is 5.92 Å². The van der Waals surface area contributed by atoms with Gasteiger partial charge in [-0.2, -0.15) is 0 Å². The Labute approximate surface area is 151 Å². The number of hydrogen-bond acceptors (Lipinski definition) is 3. The zero-order valence-electron chi connectivity index (χ0n) is 15.6. The highest BCUT2D eigenvalue weighted by Crippen LogP contribution is 2.36. The molecular formula is C22H30N2O. The van der Waals surface area contributed by atoms with Crippen LogP contribution in [0.1, 0.15) is 70.3 Å². The maximum absolute atomic E-state index is 5.71. The lowest BCUT2D eigenvalue weighted by Crippen LogP contribution is -2.13. The number of unbranched alkanes of at least 4 members (excludes halogenated alkanes) is 1. The fourth-order valence-electron chi connectivity index (χ4n) is 3.64. The summed E-state index contributed by atoms with van der Waals surface area (Å²) in [5.74, 6) is 3.29. The van der Waals surface area contributed by atoms with E-state index in [1.54, 1.807) is 0 Å². The second-order valence-electron chi connectivity index (χ2n) is 7.19. The second-order valence-corrected chi connectivity index (χ2v) is 7.19. The van der Waals surface area contributed by atoms with E-state index in [4.69, 9.17) is 4.74 Å². The van der Waals surface area contributed by atoms with Gasteiger partial charge in [0.05, 0.1) is 6.61 Å². The van der Waals surface area contributed by atoms with Crippen molar-refractivity contribution in [3.8, 4) is 17.1 Å². The van der Waals surface area contributed by atoms with Crippen molar-refractivity contribution in [2.75, 3.05) is 6.61 Å². The van der Waals surface area contributed by atoms with E-state index in [9.17, 15) is 0 Å². The molecule has 3 rings (SSSR count). The Balaban J connectivity index is 1.60. The van der Waals surface area contributed by atoms with E-state index < -0.39 is 0 Å². The summed E-state index contributed by atoms with van der Waals surface area (Å²) in [7, 11) is 0. The predicted octanol–water partition coefficient (Wildman–Crippen LogP) is 6.01. The molecule has 0 aliphatic heterocycles. The van der Waals surface area contributed by atoms with Crippen LogP contribution in [0.4, 0.5) is 0 Å². The van der Waals surface area contributed by atoms with Crippen LogP contribution in [-0.2, 0) is 0 Å². The molecule has 1 aromatic heterocycles. The lowest BCUT2D eigenvalue weighted by Gasteiger charge is -2.27. The van der Waals surface area contributed by atoms with Gasteiger partial charge in [-0.1, -0.05) is 26.7 Å². The summed E-state index contributed by atoms with van der Waals surface area (Å²) in [5, 5.41) is 0. The third kappa shape index (κ3) is 4.81. The van der Waals surface area contributed by atoms with Gasteiger partial charge in [0, 0.05) is 18.0 Å². The van der Waals surface area contributed by atoms with Crippen molar-refractivity contribution in [2.45, 2.75) is 64.7 Å². The Morgan fingerprint density at radius 2 is 1.64 bits per heavy atom.